The average Bonchev–Trinajstić information content (AvgIpc) is 2.97. The van der Waals surface area contributed by atoms with E-state index in [1.165, 1.54) is 6.26 Å². The first kappa shape index (κ1) is 15.3. The standard InChI is InChI=1S/C14H20N2O5/c1-3-14(12(18)19)5-7-16(8-6-14)13-15-10(9-21-13)11(17)20-4-2/h9H,3-8H2,1-2H3,(H,18,19). The van der Waals surface area contributed by atoms with Crippen LogP contribution in [0.15, 0.2) is 10.7 Å². The second kappa shape index (κ2) is 6.15. The zero-order chi connectivity index (χ0) is 15.5. The largest absolute Gasteiger partial charge is 0.481 e. The molecule has 0 aromatic carbocycles. The van der Waals surface area contributed by atoms with Gasteiger partial charge < -0.3 is 19.2 Å². The predicted octanol–water partition coefficient (Wildman–Crippen LogP) is 1.93. The van der Waals surface area contributed by atoms with Crippen LogP contribution in [0, 0.1) is 5.41 Å². The van der Waals surface area contributed by atoms with E-state index in [1.807, 2.05) is 11.8 Å². The van der Waals surface area contributed by atoms with Crippen molar-refractivity contribution in [1.29, 1.82) is 0 Å². The minimum absolute atomic E-state index is 0.136. The van der Waals surface area contributed by atoms with Crippen LogP contribution in [0.25, 0.3) is 0 Å². The summed E-state index contributed by atoms with van der Waals surface area (Å²) < 4.78 is 10.2. The summed E-state index contributed by atoms with van der Waals surface area (Å²) >= 11 is 0. The molecule has 0 atom stereocenters. The Morgan fingerprint density at radius 3 is 2.62 bits per heavy atom. The van der Waals surface area contributed by atoms with Crippen LogP contribution in [0.3, 0.4) is 0 Å². The molecular weight excluding hydrogens is 276 g/mol. The number of aliphatic carboxylic acids is 1. The topological polar surface area (TPSA) is 92.9 Å². The fourth-order valence-corrected chi connectivity index (χ4v) is 2.55. The summed E-state index contributed by atoms with van der Waals surface area (Å²) in [6, 6.07) is 0.341. The lowest BCUT2D eigenvalue weighted by molar-refractivity contribution is -0.150. The van der Waals surface area contributed by atoms with Gasteiger partial charge in [-0.25, -0.2) is 4.79 Å². The molecule has 21 heavy (non-hydrogen) atoms. The summed E-state index contributed by atoms with van der Waals surface area (Å²) in [5, 5.41) is 9.36. The smallest absolute Gasteiger partial charge is 0.360 e. The number of anilines is 1. The third-order valence-corrected chi connectivity index (χ3v) is 4.10. The molecule has 0 radical (unpaired) electrons. The van der Waals surface area contributed by atoms with E-state index in [1.54, 1.807) is 6.92 Å². The Hall–Kier alpha value is -2.05. The Bertz CT molecular complexity index is 517. The van der Waals surface area contributed by atoms with Gasteiger partial charge in [0, 0.05) is 13.1 Å². The summed E-state index contributed by atoms with van der Waals surface area (Å²) in [7, 11) is 0. The van der Waals surface area contributed by atoms with Crippen LogP contribution in [-0.4, -0.2) is 41.7 Å². The Kier molecular flexibility index (Phi) is 4.50. The molecule has 0 spiro atoms. The highest BCUT2D eigenvalue weighted by atomic mass is 16.5. The second-order valence-electron chi connectivity index (χ2n) is 5.16. The summed E-state index contributed by atoms with van der Waals surface area (Å²) in [4.78, 5) is 28.9. The van der Waals surface area contributed by atoms with Gasteiger partial charge >= 0.3 is 11.9 Å². The molecule has 7 heteroatoms. The SMILES string of the molecule is CCOC(=O)c1coc(N2CCC(CC)(C(=O)O)CC2)n1. The van der Waals surface area contributed by atoms with Crippen molar-refractivity contribution in [2.75, 3.05) is 24.6 Å². The number of carbonyl (C=O) groups is 2. The predicted molar refractivity (Wildman–Crippen MR) is 74.3 cm³/mol. The number of esters is 1. The van der Waals surface area contributed by atoms with Gasteiger partial charge in [0.05, 0.1) is 12.0 Å². The van der Waals surface area contributed by atoms with Gasteiger partial charge in [0.25, 0.3) is 6.01 Å². The number of oxazole rings is 1. The molecular formula is C14H20N2O5. The summed E-state index contributed by atoms with van der Waals surface area (Å²) in [5.74, 6) is -1.26. The van der Waals surface area contributed by atoms with Crippen molar-refractivity contribution in [3.05, 3.63) is 12.0 Å². The highest BCUT2D eigenvalue weighted by molar-refractivity contribution is 5.87. The van der Waals surface area contributed by atoms with Crippen molar-refractivity contribution in [3.8, 4) is 0 Å². The molecule has 0 unspecified atom stereocenters. The third-order valence-electron chi connectivity index (χ3n) is 4.10. The van der Waals surface area contributed by atoms with Crippen molar-refractivity contribution in [3.63, 3.8) is 0 Å². The van der Waals surface area contributed by atoms with E-state index in [0.29, 0.717) is 38.4 Å². The first-order valence-electron chi connectivity index (χ1n) is 7.13. The van der Waals surface area contributed by atoms with Gasteiger partial charge in [-0.3, -0.25) is 4.79 Å². The van der Waals surface area contributed by atoms with Crippen LogP contribution in [-0.2, 0) is 9.53 Å². The molecule has 0 saturated carbocycles. The quantitative estimate of drug-likeness (QED) is 0.830. The third kappa shape index (κ3) is 3.01. The molecule has 0 aliphatic carbocycles. The van der Waals surface area contributed by atoms with Gasteiger partial charge in [0.15, 0.2) is 5.69 Å². The maximum Gasteiger partial charge on any atom is 0.360 e. The minimum Gasteiger partial charge on any atom is -0.481 e. The molecule has 116 valence electrons. The van der Waals surface area contributed by atoms with Crippen LogP contribution in [0.5, 0.6) is 0 Å². The highest BCUT2D eigenvalue weighted by Gasteiger charge is 2.40. The van der Waals surface area contributed by atoms with E-state index in [2.05, 4.69) is 4.98 Å². The van der Waals surface area contributed by atoms with Crippen molar-refractivity contribution >= 4 is 18.0 Å². The van der Waals surface area contributed by atoms with E-state index < -0.39 is 17.4 Å². The number of carboxylic acid groups (broad SMARTS) is 1. The normalized spacial score (nSPS) is 17.5. The van der Waals surface area contributed by atoms with Crippen LogP contribution in [0.1, 0.15) is 43.6 Å². The number of carbonyl (C=O) groups excluding carboxylic acids is 1. The number of ether oxygens (including phenoxy) is 1. The molecule has 1 aliphatic heterocycles. The highest BCUT2D eigenvalue weighted by Crippen LogP contribution is 2.36. The number of aromatic nitrogens is 1. The molecule has 1 aliphatic rings. The lowest BCUT2D eigenvalue weighted by Gasteiger charge is -2.37. The molecule has 1 aromatic heterocycles. The molecule has 7 nitrogen and oxygen atoms in total. The van der Waals surface area contributed by atoms with Crippen LogP contribution in [0.4, 0.5) is 6.01 Å². The maximum atomic E-state index is 11.5. The van der Waals surface area contributed by atoms with Crippen LogP contribution in [0.2, 0.25) is 0 Å². The van der Waals surface area contributed by atoms with Gasteiger partial charge in [0.1, 0.15) is 6.26 Å². The van der Waals surface area contributed by atoms with Gasteiger partial charge in [-0.05, 0) is 26.2 Å². The molecule has 2 rings (SSSR count). The van der Waals surface area contributed by atoms with Crippen molar-refractivity contribution < 1.29 is 23.8 Å². The fourth-order valence-electron chi connectivity index (χ4n) is 2.55. The Morgan fingerprint density at radius 1 is 1.43 bits per heavy atom. The molecule has 2 heterocycles. The minimum atomic E-state index is -0.746. The van der Waals surface area contributed by atoms with Gasteiger partial charge in [0.2, 0.25) is 0 Å². The number of nitrogens with zero attached hydrogens (tertiary/aromatic N) is 2. The van der Waals surface area contributed by atoms with Gasteiger partial charge in [-0.2, -0.15) is 4.98 Å². The van der Waals surface area contributed by atoms with E-state index in [0.717, 1.165) is 0 Å². The van der Waals surface area contributed by atoms with Crippen LogP contribution < -0.4 is 4.90 Å². The number of carboxylic acids is 1. The molecule has 1 aromatic rings. The number of hydrogen-bond donors (Lipinski definition) is 1. The van der Waals surface area contributed by atoms with Crippen molar-refractivity contribution in [2.24, 2.45) is 5.41 Å². The zero-order valence-electron chi connectivity index (χ0n) is 12.3. The Balaban J connectivity index is 2.03. The lowest BCUT2D eigenvalue weighted by atomic mass is 9.76. The molecule has 0 amide bonds. The van der Waals surface area contributed by atoms with Crippen molar-refractivity contribution in [1.82, 2.24) is 4.98 Å². The number of hydrogen-bond acceptors (Lipinski definition) is 6. The zero-order valence-corrected chi connectivity index (χ0v) is 12.3. The molecule has 1 N–H and O–H groups in total. The van der Waals surface area contributed by atoms with E-state index in [4.69, 9.17) is 9.15 Å². The van der Waals surface area contributed by atoms with Gasteiger partial charge in [-0.15, -0.1) is 0 Å². The molecule has 1 saturated heterocycles. The Labute approximate surface area is 122 Å². The van der Waals surface area contributed by atoms with Crippen LogP contribution >= 0.6 is 0 Å². The summed E-state index contributed by atoms with van der Waals surface area (Å²) in [5.41, 5.74) is -0.523. The summed E-state index contributed by atoms with van der Waals surface area (Å²) in [6.07, 6.45) is 2.95. The second-order valence-corrected chi connectivity index (χ2v) is 5.16. The summed E-state index contributed by atoms with van der Waals surface area (Å²) in [6.45, 7) is 4.99. The molecule has 1 fully saturated rings. The first-order chi connectivity index (χ1) is 10.0. The average molecular weight is 296 g/mol. The van der Waals surface area contributed by atoms with E-state index in [9.17, 15) is 14.7 Å². The van der Waals surface area contributed by atoms with E-state index in [-0.39, 0.29) is 12.3 Å². The number of piperidine rings is 1. The number of rotatable bonds is 5. The fraction of sp³-hybridized carbons (Fsp3) is 0.643. The molecule has 0 bridgehead atoms. The van der Waals surface area contributed by atoms with Crippen molar-refractivity contribution in [2.45, 2.75) is 33.1 Å². The lowest BCUT2D eigenvalue weighted by Crippen LogP contribution is -2.44. The van der Waals surface area contributed by atoms with Gasteiger partial charge in [-0.1, -0.05) is 6.92 Å². The first-order valence-corrected chi connectivity index (χ1v) is 7.13. The Morgan fingerprint density at radius 2 is 2.10 bits per heavy atom. The van der Waals surface area contributed by atoms with E-state index >= 15 is 0 Å². The monoisotopic (exact) mass is 296 g/mol. The maximum absolute atomic E-state index is 11.5.